The average Bonchev–Trinajstić information content (AvgIpc) is 2.90. The van der Waals surface area contributed by atoms with Gasteiger partial charge in [-0.05, 0) is 25.0 Å². The van der Waals surface area contributed by atoms with Crippen LogP contribution in [0.1, 0.15) is 42.5 Å². The summed E-state index contributed by atoms with van der Waals surface area (Å²) in [5.41, 5.74) is 1.07. The smallest absolute Gasteiger partial charge is 0.344 e. The van der Waals surface area contributed by atoms with Gasteiger partial charge in [0.2, 0.25) is 10.0 Å². The van der Waals surface area contributed by atoms with Crippen LogP contribution in [0.3, 0.4) is 0 Å². The molecule has 1 aliphatic heterocycles. The lowest BCUT2D eigenvalue weighted by molar-refractivity contribution is -0.140. The molecule has 0 atom stereocenters. The minimum absolute atomic E-state index is 0.00116. The summed E-state index contributed by atoms with van der Waals surface area (Å²) in [6, 6.07) is 4.99. The normalized spacial score (nSPS) is 18.1. The monoisotopic (exact) mass is 438 g/mol. The number of hydrogen-bond donors (Lipinski definition) is 3. The fraction of sp³-hybridized carbons (Fsp3) is 0.444. The molecule has 1 saturated carbocycles. The number of urea groups is 1. The maximum atomic E-state index is 12.6. The van der Waals surface area contributed by atoms with Crippen LogP contribution in [0, 0.1) is 0 Å². The van der Waals surface area contributed by atoms with Crippen LogP contribution in [0.25, 0.3) is 0 Å². The van der Waals surface area contributed by atoms with Gasteiger partial charge in [-0.25, -0.2) is 18.0 Å². The molecule has 0 bridgehead atoms. The van der Waals surface area contributed by atoms with E-state index in [9.17, 15) is 27.6 Å². The van der Waals surface area contributed by atoms with E-state index >= 15 is 0 Å². The van der Waals surface area contributed by atoms with Crippen LogP contribution in [-0.2, 0) is 24.3 Å². The molecule has 0 radical (unpaired) electrons. The van der Waals surface area contributed by atoms with Crippen LogP contribution in [0.4, 0.5) is 10.5 Å². The van der Waals surface area contributed by atoms with Crippen molar-refractivity contribution >= 4 is 39.5 Å². The van der Waals surface area contributed by atoms with Gasteiger partial charge in [0, 0.05) is 0 Å². The number of amides is 4. The van der Waals surface area contributed by atoms with Gasteiger partial charge in [-0.1, -0.05) is 31.4 Å². The summed E-state index contributed by atoms with van der Waals surface area (Å²) in [5.74, 6) is -2.36. The summed E-state index contributed by atoms with van der Waals surface area (Å²) in [6.07, 6.45) is 4.51. The highest BCUT2D eigenvalue weighted by molar-refractivity contribution is 7.92. The van der Waals surface area contributed by atoms with E-state index in [2.05, 4.69) is 15.5 Å². The molecule has 1 aromatic carbocycles. The number of anilines is 1. The molecule has 11 nitrogen and oxygen atoms in total. The molecular formula is C18H22N4O7S. The van der Waals surface area contributed by atoms with Crippen molar-refractivity contribution in [2.45, 2.75) is 37.6 Å². The number of carbonyl (C=O) groups is 4. The highest BCUT2D eigenvalue weighted by atomic mass is 32.2. The van der Waals surface area contributed by atoms with E-state index in [0.717, 1.165) is 25.5 Å². The molecule has 1 aromatic rings. The number of nitrogens with zero attached hydrogens (tertiary/aromatic N) is 1. The Hall–Kier alpha value is -3.15. The van der Waals surface area contributed by atoms with Crippen molar-refractivity contribution in [2.75, 3.05) is 17.6 Å². The number of imide groups is 1. The van der Waals surface area contributed by atoms with E-state index in [1.54, 1.807) is 0 Å². The van der Waals surface area contributed by atoms with Crippen molar-refractivity contribution in [1.29, 1.82) is 0 Å². The molecular weight excluding hydrogens is 416 g/mol. The minimum atomic E-state index is -3.63. The van der Waals surface area contributed by atoms with Gasteiger partial charge in [-0.15, -0.1) is 0 Å². The van der Waals surface area contributed by atoms with Gasteiger partial charge in [0.15, 0.2) is 6.61 Å². The average molecular weight is 438 g/mol. The van der Waals surface area contributed by atoms with Crippen molar-refractivity contribution < 1.29 is 32.3 Å². The highest BCUT2D eigenvalue weighted by Gasteiger charge is 2.52. The number of ether oxygens (including phenoxy) is 1. The number of esters is 1. The molecule has 0 unspecified atom stereocenters. The molecule has 162 valence electrons. The lowest BCUT2D eigenvalue weighted by Gasteiger charge is -2.30. The number of para-hydroxylation sites is 1. The van der Waals surface area contributed by atoms with Crippen molar-refractivity contribution in [3.8, 4) is 0 Å². The van der Waals surface area contributed by atoms with Gasteiger partial charge >= 0.3 is 12.0 Å². The third-order valence-corrected chi connectivity index (χ3v) is 5.47. The van der Waals surface area contributed by atoms with Gasteiger partial charge in [-0.3, -0.25) is 19.7 Å². The van der Waals surface area contributed by atoms with Gasteiger partial charge in [0.1, 0.15) is 5.54 Å². The molecule has 3 rings (SSSR count). The molecule has 12 heteroatoms. The Balaban J connectivity index is 1.59. The number of hydrogen-bond acceptors (Lipinski definition) is 7. The second-order valence-electron chi connectivity index (χ2n) is 7.24. The van der Waals surface area contributed by atoms with Gasteiger partial charge in [0.05, 0.1) is 17.5 Å². The third kappa shape index (κ3) is 4.70. The van der Waals surface area contributed by atoms with Crippen molar-refractivity contribution in [3.05, 3.63) is 29.8 Å². The van der Waals surface area contributed by atoms with Gasteiger partial charge in [-0.2, -0.15) is 5.01 Å². The Bertz CT molecular complexity index is 986. The SMILES string of the molecule is CS(=O)(=O)Nc1ccccc1C(=O)OCC(=O)NN1C(=O)NC2(CCCCC2)C1=O. The maximum Gasteiger partial charge on any atom is 0.344 e. The van der Waals surface area contributed by atoms with E-state index in [4.69, 9.17) is 4.74 Å². The first-order valence-corrected chi connectivity index (χ1v) is 11.2. The zero-order valence-electron chi connectivity index (χ0n) is 16.3. The molecule has 1 aliphatic carbocycles. The van der Waals surface area contributed by atoms with Gasteiger partial charge < -0.3 is 10.1 Å². The third-order valence-electron chi connectivity index (χ3n) is 4.88. The maximum absolute atomic E-state index is 12.6. The summed E-state index contributed by atoms with van der Waals surface area (Å²) in [6.45, 7) is -0.768. The Morgan fingerprint density at radius 2 is 1.83 bits per heavy atom. The highest BCUT2D eigenvalue weighted by Crippen LogP contribution is 2.32. The quantitative estimate of drug-likeness (QED) is 0.432. The lowest BCUT2D eigenvalue weighted by Crippen LogP contribution is -2.51. The van der Waals surface area contributed by atoms with E-state index in [0.29, 0.717) is 17.9 Å². The van der Waals surface area contributed by atoms with E-state index < -0.39 is 46.0 Å². The number of hydrazine groups is 1. The fourth-order valence-corrected chi connectivity index (χ4v) is 4.11. The van der Waals surface area contributed by atoms with Crippen molar-refractivity contribution in [3.63, 3.8) is 0 Å². The van der Waals surface area contributed by atoms with Crippen molar-refractivity contribution in [1.82, 2.24) is 15.8 Å². The summed E-state index contributed by atoms with van der Waals surface area (Å²) < 4.78 is 29.9. The van der Waals surface area contributed by atoms with E-state index in [1.807, 2.05) is 0 Å². The van der Waals surface area contributed by atoms with Crippen LogP contribution >= 0.6 is 0 Å². The Morgan fingerprint density at radius 1 is 1.17 bits per heavy atom. The predicted molar refractivity (Wildman–Crippen MR) is 105 cm³/mol. The number of rotatable bonds is 6. The van der Waals surface area contributed by atoms with Crippen LogP contribution in [0.15, 0.2) is 24.3 Å². The molecule has 4 amide bonds. The summed E-state index contributed by atoms with van der Waals surface area (Å²) in [4.78, 5) is 49.2. The molecule has 2 aliphatic rings. The van der Waals surface area contributed by atoms with Crippen molar-refractivity contribution in [2.24, 2.45) is 0 Å². The summed E-state index contributed by atoms with van der Waals surface area (Å²) in [5, 5.41) is 3.26. The zero-order valence-corrected chi connectivity index (χ0v) is 17.1. The first-order valence-electron chi connectivity index (χ1n) is 9.31. The van der Waals surface area contributed by atoms with Crippen LogP contribution in [-0.4, -0.2) is 55.6 Å². The topological polar surface area (TPSA) is 151 Å². The summed E-state index contributed by atoms with van der Waals surface area (Å²) >= 11 is 0. The largest absolute Gasteiger partial charge is 0.452 e. The molecule has 1 spiro atoms. The number of benzene rings is 1. The van der Waals surface area contributed by atoms with E-state index in [-0.39, 0.29) is 11.3 Å². The predicted octanol–water partition coefficient (Wildman–Crippen LogP) is 0.501. The second-order valence-corrected chi connectivity index (χ2v) is 8.99. The van der Waals surface area contributed by atoms with Crippen LogP contribution in [0.5, 0.6) is 0 Å². The first kappa shape index (κ1) is 21.6. The molecule has 3 N–H and O–H groups in total. The number of carbonyl (C=O) groups excluding carboxylic acids is 4. The fourth-order valence-electron chi connectivity index (χ4n) is 3.53. The van der Waals surface area contributed by atoms with Gasteiger partial charge in [0.25, 0.3) is 11.8 Å². The minimum Gasteiger partial charge on any atom is -0.452 e. The van der Waals surface area contributed by atoms with Crippen LogP contribution in [0.2, 0.25) is 0 Å². The number of sulfonamides is 1. The number of nitrogens with one attached hydrogen (secondary N) is 3. The molecule has 30 heavy (non-hydrogen) atoms. The van der Waals surface area contributed by atoms with E-state index in [1.165, 1.54) is 24.3 Å². The molecule has 0 aromatic heterocycles. The Morgan fingerprint density at radius 3 is 2.50 bits per heavy atom. The van der Waals surface area contributed by atoms with Crippen LogP contribution < -0.4 is 15.5 Å². The first-order chi connectivity index (χ1) is 14.1. The zero-order chi connectivity index (χ0) is 21.9. The molecule has 1 heterocycles. The summed E-state index contributed by atoms with van der Waals surface area (Å²) in [7, 11) is -3.63. The Labute approximate surface area is 173 Å². The second kappa shape index (κ2) is 8.30. The lowest BCUT2D eigenvalue weighted by atomic mass is 9.82. The standard InChI is InChI=1S/C18H22N4O7S/c1-30(27,28)21-13-8-4-3-7-12(13)15(24)29-11-14(23)20-22-16(25)18(19-17(22)26)9-5-2-6-10-18/h3-4,7-8,21H,2,5-6,9-11H2,1H3,(H,19,26)(H,20,23). The Kier molecular flexibility index (Phi) is 5.97. The molecule has 1 saturated heterocycles. The molecule has 2 fully saturated rings.